The van der Waals surface area contributed by atoms with Gasteiger partial charge in [0.1, 0.15) is 0 Å². The Morgan fingerprint density at radius 3 is 2.59 bits per heavy atom. The first-order chi connectivity index (χ1) is 8.15. The van der Waals surface area contributed by atoms with Crippen LogP contribution in [0.15, 0.2) is 0 Å². The van der Waals surface area contributed by atoms with Gasteiger partial charge in [0, 0.05) is 25.2 Å². The summed E-state index contributed by atoms with van der Waals surface area (Å²) in [7, 11) is 0. The Balaban J connectivity index is 1.76. The molecule has 0 aromatic carbocycles. The third kappa shape index (κ3) is 3.60. The summed E-state index contributed by atoms with van der Waals surface area (Å²) in [5.41, 5.74) is 5.87. The predicted molar refractivity (Wildman–Crippen MR) is 68.7 cm³/mol. The fourth-order valence-corrected chi connectivity index (χ4v) is 2.90. The van der Waals surface area contributed by atoms with E-state index < -0.39 is 0 Å². The minimum absolute atomic E-state index is 0.136. The number of hydrogen-bond donors (Lipinski definition) is 2. The van der Waals surface area contributed by atoms with Gasteiger partial charge in [0.15, 0.2) is 0 Å². The molecule has 0 aromatic heterocycles. The van der Waals surface area contributed by atoms with Gasteiger partial charge in [-0.3, -0.25) is 0 Å². The molecule has 0 radical (unpaired) electrons. The maximum absolute atomic E-state index is 12.1. The van der Waals surface area contributed by atoms with Gasteiger partial charge in [0.2, 0.25) is 0 Å². The molecule has 1 atom stereocenters. The molecule has 2 aliphatic rings. The van der Waals surface area contributed by atoms with Crippen LogP contribution in [0.1, 0.15) is 45.4 Å². The zero-order chi connectivity index (χ0) is 12.3. The van der Waals surface area contributed by atoms with E-state index in [9.17, 15) is 4.79 Å². The minimum Gasteiger partial charge on any atom is -0.335 e. The van der Waals surface area contributed by atoms with Gasteiger partial charge in [-0.1, -0.05) is 6.92 Å². The average molecular weight is 239 g/mol. The number of nitrogens with two attached hydrogens (primary N) is 1. The third-order valence-corrected chi connectivity index (χ3v) is 4.04. The van der Waals surface area contributed by atoms with Crippen LogP contribution in [-0.4, -0.2) is 36.1 Å². The summed E-state index contributed by atoms with van der Waals surface area (Å²) in [6.07, 6.45) is 6.56. The van der Waals surface area contributed by atoms with Crippen LogP contribution >= 0.6 is 0 Å². The molecule has 4 heteroatoms. The van der Waals surface area contributed by atoms with Crippen molar-refractivity contribution in [3.8, 4) is 0 Å². The summed E-state index contributed by atoms with van der Waals surface area (Å²) in [5.74, 6) is 0.647. The van der Waals surface area contributed by atoms with Crippen LogP contribution in [-0.2, 0) is 0 Å². The van der Waals surface area contributed by atoms with E-state index in [0.29, 0.717) is 18.0 Å². The molecule has 1 aliphatic carbocycles. The summed E-state index contributed by atoms with van der Waals surface area (Å²) in [6.45, 7) is 4.06. The lowest BCUT2D eigenvalue weighted by Crippen LogP contribution is -2.49. The van der Waals surface area contributed by atoms with Gasteiger partial charge in [0.05, 0.1) is 0 Å². The Kier molecular flexibility index (Phi) is 4.26. The fraction of sp³-hybridized carbons (Fsp3) is 0.923. The molecule has 2 amide bonds. The molecule has 0 bridgehead atoms. The molecule has 4 nitrogen and oxygen atoms in total. The Labute approximate surface area is 104 Å². The number of rotatable bonds is 1. The van der Waals surface area contributed by atoms with Gasteiger partial charge in [-0.25, -0.2) is 4.79 Å². The summed E-state index contributed by atoms with van der Waals surface area (Å²) >= 11 is 0. The molecule has 2 rings (SSSR count). The van der Waals surface area contributed by atoms with E-state index in [0.717, 1.165) is 45.2 Å². The van der Waals surface area contributed by atoms with E-state index in [4.69, 9.17) is 5.73 Å². The largest absolute Gasteiger partial charge is 0.335 e. The van der Waals surface area contributed by atoms with E-state index in [1.54, 1.807) is 0 Å². The number of carbonyl (C=O) groups excluding carboxylic acids is 1. The van der Waals surface area contributed by atoms with Crippen LogP contribution in [0.25, 0.3) is 0 Å². The highest BCUT2D eigenvalue weighted by Gasteiger charge is 2.25. The molecular weight excluding hydrogens is 214 g/mol. The van der Waals surface area contributed by atoms with Crippen molar-refractivity contribution < 1.29 is 4.79 Å². The van der Waals surface area contributed by atoms with Gasteiger partial charge in [-0.05, 0) is 44.4 Å². The number of nitrogens with one attached hydrogen (secondary N) is 1. The van der Waals surface area contributed by atoms with Crippen LogP contribution < -0.4 is 11.1 Å². The SMILES string of the molecule is CC1CCCN(C(=O)NC2CCC(N)CC2)C1. The van der Waals surface area contributed by atoms with Crippen LogP contribution in [0.3, 0.4) is 0 Å². The van der Waals surface area contributed by atoms with Crippen LogP contribution in [0.5, 0.6) is 0 Å². The molecular formula is C13H25N3O. The van der Waals surface area contributed by atoms with E-state index in [1.807, 2.05) is 4.90 Å². The first-order valence-corrected chi connectivity index (χ1v) is 6.96. The van der Waals surface area contributed by atoms with Crippen LogP contribution in [0.2, 0.25) is 0 Å². The Bertz CT molecular complexity index is 261. The van der Waals surface area contributed by atoms with Gasteiger partial charge >= 0.3 is 6.03 Å². The molecule has 1 unspecified atom stereocenters. The van der Waals surface area contributed by atoms with Crippen molar-refractivity contribution in [3.63, 3.8) is 0 Å². The van der Waals surface area contributed by atoms with Crippen molar-refractivity contribution in [2.75, 3.05) is 13.1 Å². The lowest BCUT2D eigenvalue weighted by Gasteiger charge is -2.34. The van der Waals surface area contributed by atoms with Crippen LogP contribution in [0, 0.1) is 5.92 Å². The third-order valence-electron chi connectivity index (χ3n) is 4.04. The van der Waals surface area contributed by atoms with E-state index in [-0.39, 0.29) is 6.03 Å². The summed E-state index contributed by atoms with van der Waals surface area (Å²) in [6, 6.07) is 0.828. The molecule has 2 fully saturated rings. The molecule has 1 heterocycles. The predicted octanol–water partition coefficient (Wildman–Crippen LogP) is 1.70. The highest BCUT2D eigenvalue weighted by molar-refractivity contribution is 5.74. The van der Waals surface area contributed by atoms with Crippen molar-refractivity contribution in [2.24, 2.45) is 11.7 Å². The lowest BCUT2D eigenvalue weighted by molar-refractivity contribution is 0.163. The normalized spacial score (nSPS) is 34.5. The van der Waals surface area contributed by atoms with E-state index in [1.165, 1.54) is 6.42 Å². The summed E-state index contributed by atoms with van der Waals surface area (Å²) in [4.78, 5) is 14.1. The molecule has 1 saturated heterocycles. The second-order valence-electron chi connectivity index (χ2n) is 5.75. The number of piperidine rings is 1. The van der Waals surface area contributed by atoms with Gasteiger partial charge < -0.3 is 16.0 Å². The highest BCUT2D eigenvalue weighted by atomic mass is 16.2. The van der Waals surface area contributed by atoms with Crippen molar-refractivity contribution in [1.82, 2.24) is 10.2 Å². The van der Waals surface area contributed by atoms with Crippen molar-refractivity contribution in [1.29, 1.82) is 0 Å². The number of likely N-dealkylation sites (tertiary alicyclic amines) is 1. The quantitative estimate of drug-likeness (QED) is 0.731. The molecule has 17 heavy (non-hydrogen) atoms. The van der Waals surface area contributed by atoms with Gasteiger partial charge in [-0.15, -0.1) is 0 Å². The monoisotopic (exact) mass is 239 g/mol. The standard InChI is InChI=1S/C13H25N3O/c1-10-3-2-8-16(9-10)13(17)15-12-6-4-11(14)5-7-12/h10-12H,2-9,14H2,1H3,(H,15,17). The second kappa shape index (κ2) is 5.71. The van der Waals surface area contributed by atoms with Crippen LogP contribution in [0.4, 0.5) is 4.79 Å². The van der Waals surface area contributed by atoms with E-state index in [2.05, 4.69) is 12.2 Å². The van der Waals surface area contributed by atoms with Gasteiger partial charge in [-0.2, -0.15) is 0 Å². The van der Waals surface area contributed by atoms with E-state index >= 15 is 0 Å². The number of hydrogen-bond acceptors (Lipinski definition) is 2. The maximum Gasteiger partial charge on any atom is 0.317 e. The number of carbonyl (C=O) groups is 1. The Morgan fingerprint density at radius 1 is 1.24 bits per heavy atom. The Morgan fingerprint density at radius 2 is 1.94 bits per heavy atom. The number of urea groups is 1. The molecule has 98 valence electrons. The molecule has 1 aliphatic heterocycles. The van der Waals surface area contributed by atoms with Crippen molar-refractivity contribution >= 4 is 6.03 Å². The molecule has 1 saturated carbocycles. The lowest BCUT2D eigenvalue weighted by atomic mass is 9.92. The molecule has 3 N–H and O–H groups in total. The first kappa shape index (κ1) is 12.7. The zero-order valence-electron chi connectivity index (χ0n) is 10.8. The van der Waals surface area contributed by atoms with Gasteiger partial charge in [0.25, 0.3) is 0 Å². The second-order valence-corrected chi connectivity index (χ2v) is 5.75. The summed E-state index contributed by atoms with van der Waals surface area (Å²) in [5, 5.41) is 3.16. The highest BCUT2D eigenvalue weighted by Crippen LogP contribution is 2.19. The topological polar surface area (TPSA) is 58.4 Å². The Hall–Kier alpha value is -0.770. The van der Waals surface area contributed by atoms with Crippen molar-refractivity contribution in [2.45, 2.75) is 57.5 Å². The van der Waals surface area contributed by atoms with Crippen molar-refractivity contribution in [3.05, 3.63) is 0 Å². The molecule has 0 spiro atoms. The summed E-state index contributed by atoms with van der Waals surface area (Å²) < 4.78 is 0. The smallest absolute Gasteiger partial charge is 0.317 e. The number of nitrogens with zero attached hydrogens (tertiary/aromatic N) is 1. The average Bonchev–Trinajstić information content (AvgIpc) is 2.32. The maximum atomic E-state index is 12.1. The fourth-order valence-electron chi connectivity index (χ4n) is 2.90. The minimum atomic E-state index is 0.136. The number of amides is 2. The zero-order valence-corrected chi connectivity index (χ0v) is 10.8. The molecule has 0 aromatic rings. The first-order valence-electron chi connectivity index (χ1n) is 6.96.